The lowest BCUT2D eigenvalue weighted by Gasteiger charge is -2.46. The average Bonchev–Trinajstić information content (AvgIpc) is 3.93. The second kappa shape index (κ2) is 27.1. The predicted molar refractivity (Wildman–Crippen MR) is 331 cm³/mol. The molecule has 3 fully saturated rings. The van der Waals surface area contributed by atoms with Gasteiger partial charge in [0.2, 0.25) is 5.91 Å². The lowest BCUT2D eigenvalue weighted by Crippen LogP contribution is -2.64. The van der Waals surface area contributed by atoms with E-state index in [4.69, 9.17) is 36.7 Å². The maximum atomic E-state index is 15.3. The predicted octanol–water partition coefficient (Wildman–Crippen LogP) is 12.7. The molecular formula is C56H112N4O12Si6. The summed E-state index contributed by atoms with van der Waals surface area (Å²) in [5.41, 5.74) is -2.26. The van der Waals surface area contributed by atoms with E-state index in [1.54, 1.807) is 11.1 Å². The Balaban J connectivity index is 1.88. The number of hydrogen-bond acceptors (Lipinski definition) is 12. The van der Waals surface area contributed by atoms with Crippen molar-refractivity contribution in [2.24, 2.45) is 5.41 Å². The van der Waals surface area contributed by atoms with Gasteiger partial charge in [0.1, 0.15) is 38.1 Å². The number of imide groups is 1. The van der Waals surface area contributed by atoms with E-state index in [1.807, 2.05) is 6.92 Å². The Hall–Kier alpha value is -1.40. The number of urea groups is 1. The first-order valence-corrected chi connectivity index (χ1v) is 48.2. The first kappa shape index (κ1) is 69.1. The van der Waals surface area contributed by atoms with E-state index in [2.05, 4.69) is 149 Å². The van der Waals surface area contributed by atoms with Crippen molar-refractivity contribution in [1.82, 2.24) is 18.9 Å². The number of hydrogen-bond donors (Lipinski definition) is 0. The van der Waals surface area contributed by atoms with Gasteiger partial charge in [0.05, 0.1) is 30.8 Å². The summed E-state index contributed by atoms with van der Waals surface area (Å²) in [5.74, 6) is -0.459. The Kier molecular flexibility index (Phi) is 24.0. The van der Waals surface area contributed by atoms with Crippen molar-refractivity contribution < 1.29 is 46.2 Å². The maximum Gasteiger partial charge on any atom is 0.335 e. The molecule has 78 heavy (non-hydrogen) atoms. The minimum Gasteiger partial charge on any atom is -0.414 e. The fourth-order valence-corrected chi connectivity index (χ4v) is 19.6. The summed E-state index contributed by atoms with van der Waals surface area (Å²) in [5, 5.41) is -0.148. The molecule has 3 aliphatic heterocycles. The van der Waals surface area contributed by atoms with E-state index in [1.165, 1.54) is 9.47 Å². The van der Waals surface area contributed by atoms with Gasteiger partial charge in [-0.2, -0.15) is 0 Å². The van der Waals surface area contributed by atoms with Crippen LogP contribution in [0.2, 0.25) is 124 Å². The molecule has 0 bridgehead atoms. The minimum absolute atomic E-state index is 0.0446. The zero-order chi connectivity index (χ0) is 59.3. The molecular weight excluding hydrogens is 1090 g/mol. The first-order chi connectivity index (χ1) is 35.8. The lowest BCUT2D eigenvalue weighted by atomic mass is 9.80. The quantitative estimate of drug-likeness (QED) is 0.0531. The Morgan fingerprint density at radius 3 is 1.56 bits per heavy atom. The molecule has 1 aromatic heterocycles. The van der Waals surface area contributed by atoms with Gasteiger partial charge >= 0.3 is 11.7 Å². The molecule has 7 atom stereocenters. The largest absolute Gasteiger partial charge is 0.414 e. The SMILES string of the molecule is CC[Si](CC)(CC)OC[C@H]1O[C@@H](N2C[C@@](C)(Cc3cn([C@H]4C[C@@H](O[Si](C)(C)C(C)(C)C)[C@@H](CO[Si](C)(C)C(C)(C)C)O4)c(=O)n(COCC[Si](C)(C)C)c3=O)C(=O)N(COCC[Si](C)(C)C)C2=O)C[C@H]1O[Si](CC)(CC)CC. The second-order valence-corrected chi connectivity index (χ2v) is 59.1. The molecule has 0 radical (unpaired) electrons. The van der Waals surface area contributed by atoms with Crippen molar-refractivity contribution in [3.05, 3.63) is 32.6 Å². The smallest absolute Gasteiger partial charge is 0.335 e. The van der Waals surface area contributed by atoms with Gasteiger partial charge in [-0.25, -0.2) is 19.1 Å². The van der Waals surface area contributed by atoms with Crippen molar-refractivity contribution in [3.8, 4) is 0 Å². The van der Waals surface area contributed by atoms with Crippen molar-refractivity contribution in [2.75, 3.05) is 39.7 Å². The molecule has 452 valence electrons. The summed E-state index contributed by atoms with van der Waals surface area (Å²) in [4.78, 5) is 63.2. The highest BCUT2D eigenvalue weighted by Crippen LogP contribution is 2.44. The highest BCUT2D eigenvalue weighted by molar-refractivity contribution is 6.77. The Morgan fingerprint density at radius 1 is 0.615 bits per heavy atom. The number of carbonyl (C=O) groups excluding carboxylic acids is 2. The summed E-state index contributed by atoms with van der Waals surface area (Å²) in [7, 11) is -11.9. The van der Waals surface area contributed by atoms with E-state index in [0.29, 0.717) is 39.3 Å². The zero-order valence-corrected chi connectivity index (χ0v) is 59.5. The second-order valence-electron chi connectivity index (χ2n) is 28.8. The van der Waals surface area contributed by atoms with Crippen molar-refractivity contribution in [1.29, 1.82) is 0 Å². The summed E-state index contributed by atoms with van der Waals surface area (Å²) in [6.07, 6.45) is -0.958. The van der Waals surface area contributed by atoms with Crippen molar-refractivity contribution >= 4 is 61.4 Å². The standard InChI is InChI=1S/C56H112N4O12Si6/c1-24-77(25-2,26-3)68-39-47-45(72-78(27-4,28-5)29-6)35-49(70-47)58-40-56(13,51(62)60(53(58)64)42-66-31-33-74(17,18)19)36-43-37-57(52(63)59(50(43)61)41-65-30-32-73(14,15)16)48-34-44(71-76(22,23)55(10,11)12)46(69-48)38-67-75(20,21)54(7,8)9/h37,44-49H,24-36,38-42H2,1-23H3/t44-,45-,46-,47-,48-,49-,56-/m1/s1. The highest BCUT2D eigenvalue weighted by atomic mass is 28.4. The van der Waals surface area contributed by atoms with E-state index in [9.17, 15) is 4.79 Å². The van der Waals surface area contributed by atoms with Crippen molar-refractivity contribution in [2.45, 2.75) is 277 Å². The Labute approximate surface area is 478 Å². The van der Waals surface area contributed by atoms with Crippen LogP contribution in [0.15, 0.2) is 15.8 Å². The third kappa shape index (κ3) is 17.4. The molecule has 0 unspecified atom stereocenters. The van der Waals surface area contributed by atoms with Gasteiger partial charge in [-0.05, 0) is 98.0 Å². The summed E-state index contributed by atoms with van der Waals surface area (Å²) in [6, 6.07) is 7.01. The van der Waals surface area contributed by atoms with Crippen LogP contribution < -0.4 is 11.2 Å². The number of ether oxygens (including phenoxy) is 4. The van der Waals surface area contributed by atoms with Crippen LogP contribution >= 0.6 is 0 Å². The van der Waals surface area contributed by atoms with E-state index < -0.39 is 109 Å². The van der Waals surface area contributed by atoms with Gasteiger partial charge in [-0.1, -0.05) is 122 Å². The number of nitrogens with zero attached hydrogens (tertiary/aromatic N) is 4. The van der Waals surface area contributed by atoms with Crippen LogP contribution in [-0.4, -0.2) is 151 Å². The molecule has 0 N–H and O–H groups in total. The topological polar surface area (TPSA) is 158 Å². The molecule has 0 saturated carbocycles. The maximum absolute atomic E-state index is 15.3. The first-order valence-electron chi connectivity index (χ1n) is 29.9. The highest BCUT2D eigenvalue weighted by Gasteiger charge is 2.54. The summed E-state index contributed by atoms with van der Waals surface area (Å²) >= 11 is 0. The van der Waals surface area contributed by atoms with Gasteiger partial charge in [-0.15, -0.1) is 0 Å². The van der Waals surface area contributed by atoms with Crippen LogP contribution in [0.5, 0.6) is 0 Å². The third-order valence-corrected chi connectivity index (χ3v) is 40.3. The lowest BCUT2D eigenvalue weighted by molar-refractivity contribution is -0.154. The molecule has 16 nitrogen and oxygen atoms in total. The number of rotatable bonds is 30. The van der Waals surface area contributed by atoms with Gasteiger partial charge in [0, 0.05) is 60.5 Å². The minimum atomic E-state index is -2.37. The van der Waals surface area contributed by atoms with Gasteiger partial charge in [0.15, 0.2) is 33.3 Å². The zero-order valence-electron chi connectivity index (χ0n) is 53.5. The van der Waals surface area contributed by atoms with Crippen LogP contribution in [0.3, 0.4) is 0 Å². The number of amides is 3. The number of aromatic nitrogens is 2. The fourth-order valence-electron chi connectivity index (χ4n) is 10.2. The van der Waals surface area contributed by atoms with Crippen molar-refractivity contribution in [3.63, 3.8) is 0 Å². The summed E-state index contributed by atoms with van der Waals surface area (Å²) < 4.78 is 57.1. The number of carbonyl (C=O) groups is 2. The molecule has 0 spiro atoms. The van der Waals surface area contributed by atoms with Gasteiger partial charge < -0.3 is 36.7 Å². The molecule has 0 aromatic carbocycles. The molecule has 4 rings (SSSR count). The molecule has 1 aromatic rings. The molecule has 4 heterocycles. The average molecular weight is 1200 g/mol. The third-order valence-electron chi connectivity index (χ3n) is 18.5. The Morgan fingerprint density at radius 2 is 1.08 bits per heavy atom. The molecule has 0 aliphatic carbocycles. The van der Waals surface area contributed by atoms with E-state index >= 15 is 14.4 Å². The fraction of sp³-hybridized carbons (Fsp3) is 0.893. The van der Waals surface area contributed by atoms with Crippen LogP contribution in [0.25, 0.3) is 0 Å². The summed E-state index contributed by atoms with van der Waals surface area (Å²) in [6.45, 7) is 51.6. The van der Waals surface area contributed by atoms with Gasteiger partial charge in [0.25, 0.3) is 5.56 Å². The normalized spacial score (nSPS) is 24.6. The van der Waals surface area contributed by atoms with Crippen LogP contribution in [0.4, 0.5) is 4.79 Å². The molecule has 3 amide bonds. The van der Waals surface area contributed by atoms with Gasteiger partial charge in [-0.3, -0.25) is 19.1 Å². The molecule has 3 saturated heterocycles. The van der Waals surface area contributed by atoms with E-state index in [-0.39, 0.29) is 48.2 Å². The van der Waals surface area contributed by atoms with Crippen LogP contribution in [-0.2, 0) is 54.6 Å². The Bertz CT molecular complexity index is 2230. The van der Waals surface area contributed by atoms with Crippen LogP contribution in [0, 0.1) is 5.41 Å². The van der Waals surface area contributed by atoms with E-state index in [0.717, 1.165) is 52.9 Å². The monoisotopic (exact) mass is 1200 g/mol. The van der Waals surface area contributed by atoms with Crippen LogP contribution in [0.1, 0.15) is 115 Å². The molecule has 22 heteroatoms. The molecule has 3 aliphatic rings.